The van der Waals surface area contributed by atoms with Gasteiger partial charge in [-0.3, -0.25) is 4.79 Å². The normalized spacial score (nSPS) is 14.9. The Morgan fingerprint density at radius 1 is 1.17 bits per heavy atom. The molecule has 0 aromatic heterocycles. The number of hydrogen-bond donors (Lipinski definition) is 1. The molecule has 0 radical (unpaired) electrons. The monoisotopic (exact) mass is 263 g/mol. The molecule has 0 saturated heterocycles. The molecule has 1 aromatic rings. The number of benzene rings is 1. The molecule has 1 aromatic carbocycles. The molecule has 2 unspecified atom stereocenters. The zero-order valence-electron chi connectivity index (χ0n) is 12.2. The van der Waals surface area contributed by atoms with Gasteiger partial charge in [-0.25, -0.2) is 0 Å². The molecule has 0 aliphatic heterocycles. The minimum Gasteiger partial charge on any atom is -0.349 e. The molecule has 0 aliphatic carbocycles. The van der Waals surface area contributed by atoms with Crippen molar-refractivity contribution in [2.24, 2.45) is 5.92 Å². The molecule has 1 rings (SSSR count). The Bertz CT molecular complexity index is 383. The molecule has 0 aliphatic rings. The van der Waals surface area contributed by atoms with E-state index in [1.54, 1.807) is 0 Å². The fourth-order valence-corrected chi connectivity index (χ4v) is 4.21. The molecule has 1 amide bonds. The number of carbonyl (C=O) groups is 1. The molecule has 18 heavy (non-hydrogen) atoms. The van der Waals surface area contributed by atoms with Crippen molar-refractivity contribution in [3.63, 3.8) is 0 Å². The lowest BCUT2D eigenvalue weighted by Gasteiger charge is -2.23. The van der Waals surface area contributed by atoms with Gasteiger partial charge in [-0.15, -0.1) is 0 Å². The van der Waals surface area contributed by atoms with E-state index in [2.05, 4.69) is 25.0 Å². The lowest BCUT2D eigenvalue weighted by atomic mass is 10.1. The Kier molecular flexibility index (Phi) is 5.14. The van der Waals surface area contributed by atoms with Crippen molar-refractivity contribution < 1.29 is 4.79 Å². The van der Waals surface area contributed by atoms with Crippen LogP contribution in [0.3, 0.4) is 0 Å². The number of rotatable bonds is 5. The van der Waals surface area contributed by atoms with Crippen molar-refractivity contribution in [3.05, 3.63) is 35.9 Å². The van der Waals surface area contributed by atoms with Crippen LogP contribution in [0.15, 0.2) is 30.3 Å². The summed E-state index contributed by atoms with van der Waals surface area (Å²) >= 11 is 0. The molecule has 0 bridgehead atoms. The molecule has 3 heteroatoms. The van der Waals surface area contributed by atoms with Crippen LogP contribution in [0.25, 0.3) is 0 Å². The topological polar surface area (TPSA) is 29.1 Å². The third-order valence-electron chi connectivity index (χ3n) is 3.02. The van der Waals surface area contributed by atoms with Crippen LogP contribution in [0.5, 0.6) is 0 Å². The molecule has 100 valence electrons. The second kappa shape index (κ2) is 6.18. The van der Waals surface area contributed by atoms with Gasteiger partial charge in [0.05, 0.1) is 6.04 Å². The third-order valence-corrected chi connectivity index (χ3v) is 4.86. The molecule has 0 spiro atoms. The first-order valence-electron chi connectivity index (χ1n) is 6.65. The summed E-state index contributed by atoms with van der Waals surface area (Å²) in [6, 6.07) is 11.2. The summed E-state index contributed by atoms with van der Waals surface area (Å²) < 4.78 is 0. The molecule has 1 N–H and O–H groups in total. The first kappa shape index (κ1) is 15.0. The van der Waals surface area contributed by atoms with Gasteiger partial charge in [-0.05, 0) is 18.5 Å². The molecule has 2 nitrogen and oxygen atoms in total. The van der Waals surface area contributed by atoms with Crippen LogP contribution in [-0.2, 0) is 4.79 Å². The minimum absolute atomic E-state index is 0.0859. The van der Waals surface area contributed by atoms with Crippen molar-refractivity contribution in [1.82, 2.24) is 5.32 Å². The summed E-state index contributed by atoms with van der Waals surface area (Å²) in [4.78, 5) is 12.1. The Hall–Kier alpha value is -1.09. The SMILES string of the molecule is CC(C[Si](C)(C)C)C(=O)NC(C)c1ccccc1. The summed E-state index contributed by atoms with van der Waals surface area (Å²) in [5.74, 6) is 0.289. The summed E-state index contributed by atoms with van der Waals surface area (Å²) in [5, 5.41) is 3.10. The fourth-order valence-electron chi connectivity index (χ4n) is 2.19. The quantitative estimate of drug-likeness (QED) is 0.804. The van der Waals surface area contributed by atoms with Gasteiger partial charge in [-0.2, -0.15) is 0 Å². The lowest BCUT2D eigenvalue weighted by molar-refractivity contribution is -0.124. The second-order valence-corrected chi connectivity index (χ2v) is 11.8. The average molecular weight is 263 g/mol. The Labute approximate surface area is 112 Å². The van der Waals surface area contributed by atoms with E-state index in [9.17, 15) is 4.79 Å². The molecular formula is C15H25NOSi. The van der Waals surface area contributed by atoms with Crippen molar-refractivity contribution in [2.45, 2.75) is 45.6 Å². The third kappa shape index (κ3) is 5.04. The summed E-state index contributed by atoms with van der Waals surface area (Å²) in [6.45, 7) is 11.0. The zero-order chi connectivity index (χ0) is 13.8. The highest BCUT2D eigenvalue weighted by molar-refractivity contribution is 6.76. The standard InChI is InChI=1S/C15H25NOSi/c1-12(11-18(3,4)5)15(17)16-13(2)14-9-7-6-8-10-14/h6-10,12-13H,11H2,1-5H3,(H,16,17). The summed E-state index contributed by atoms with van der Waals surface area (Å²) in [6.07, 6.45) is 0. The highest BCUT2D eigenvalue weighted by atomic mass is 28.3. The van der Waals surface area contributed by atoms with Gasteiger partial charge in [0.25, 0.3) is 0 Å². The molecular weight excluding hydrogens is 238 g/mol. The number of carbonyl (C=O) groups excluding carboxylic acids is 1. The molecule has 0 saturated carbocycles. The van der Waals surface area contributed by atoms with E-state index in [0.717, 1.165) is 11.6 Å². The maximum atomic E-state index is 12.1. The summed E-state index contributed by atoms with van der Waals surface area (Å²) in [7, 11) is -1.17. The van der Waals surface area contributed by atoms with E-state index < -0.39 is 8.07 Å². The van der Waals surface area contributed by atoms with Crippen molar-refractivity contribution in [2.75, 3.05) is 0 Å². The van der Waals surface area contributed by atoms with Gasteiger partial charge >= 0.3 is 0 Å². The first-order chi connectivity index (χ1) is 8.29. The minimum atomic E-state index is -1.17. The van der Waals surface area contributed by atoms with E-state index >= 15 is 0 Å². The predicted molar refractivity (Wildman–Crippen MR) is 80.3 cm³/mol. The van der Waals surface area contributed by atoms with E-state index in [-0.39, 0.29) is 17.9 Å². The predicted octanol–water partition coefficient (Wildman–Crippen LogP) is 3.84. The van der Waals surface area contributed by atoms with Crippen LogP contribution in [-0.4, -0.2) is 14.0 Å². The number of hydrogen-bond acceptors (Lipinski definition) is 1. The van der Waals surface area contributed by atoms with E-state index in [4.69, 9.17) is 0 Å². The highest BCUT2D eigenvalue weighted by Gasteiger charge is 2.23. The zero-order valence-corrected chi connectivity index (χ0v) is 13.2. The lowest BCUT2D eigenvalue weighted by Crippen LogP contribution is -2.35. The van der Waals surface area contributed by atoms with E-state index in [1.807, 2.05) is 44.2 Å². The maximum Gasteiger partial charge on any atom is 0.223 e. The van der Waals surface area contributed by atoms with Crippen LogP contribution in [0.1, 0.15) is 25.5 Å². The Morgan fingerprint density at radius 2 is 1.72 bits per heavy atom. The Balaban J connectivity index is 2.55. The average Bonchev–Trinajstić information content (AvgIpc) is 2.27. The van der Waals surface area contributed by atoms with Crippen LogP contribution in [0.4, 0.5) is 0 Å². The van der Waals surface area contributed by atoms with Gasteiger partial charge in [0.1, 0.15) is 0 Å². The van der Waals surface area contributed by atoms with E-state index in [1.165, 1.54) is 0 Å². The van der Waals surface area contributed by atoms with Gasteiger partial charge in [0.15, 0.2) is 0 Å². The van der Waals surface area contributed by atoms with Gasteiger partial charge in [0, 0.05) is 14.0 Å². The molecule has 0 fully saturated rings. The number of amides is 1. The number of nitrogens with one attached hydrogen (secondary N) is 1. The van der Waals surface area contributed by atoms with Gasteiger partial charge in [0.2, 0.25) is 5.91 Å². The fraction of sp³-hybridized carbons (Fsp3) is 0.533. The largest absolute Gasteiger partial charge is 0.349 e. The van der Waals surface area contributed by atoms with Crippen molar-refractivity contribution >= 4 is 14.0 Å². The second-order valence-electron chi connectivity index (χ2n) is 6.31. The van der Waals surface area contributed by atoms with Crippen LogP contribution in [0, 0.1) is 5.92 Å². The highest BCUT2D eigenvalue weighted by Crippen LogP contribution is 2.18. The van der Waals surface area contributed by atoms with Gasteiger partial charge < -0.3 is 5.32 Å². The van der Waals surface area contributed by atoms with Crippen LogP contribution < -0.4 is 5.32 Å². The van der Waals surface area contributed by atoms with Crippen molar-refractivity contribution in [3.8, 4) is 0 Å². The molecule has 0 heterocycles. The van der Waals surface area contributed by atoms with Gasteiger partial charge in [-0.1, -0.05) is 56.9 Å². The smallest absolute Gasteiger partial charge is 0.223 e. The van der Waals surface area contributed by atoms with Crippen molar-refractivity contribution in [1.29, 1.82) is 0 Å². The summed E-state index contributed by atoms with van der Waals surface area (Å²) in [5.41, 5.74) is 1.16. The van der Waals surface area contributed by atoms with Crippen LogP contribution in [0.2, 0.25) is 25.7 Å². The van der Waals surface area contributed by atoms with Crippen LogP contribution >= 0.6 is 0 Å². The van der Waals surface area contributed by atoms with E-state index in [0.29, 0.717) is 0 Å². The maximum absolute atomic E-state index is 12.1. The Morgan fingerprint density at radius 3 is 2.22 bits per heavy atom. The molecule has 2 atom stereocenters. The first-order valence-corrected chi connectivity index (χ1v) is 10.4.